The van der Waals surface area contributed by atoms with Crippen LogP contribution >= 0.6 is 15.9 Å². The fraction of sp³-hybridized carbons (Fsp3) is 0.667. The van der Waals surface area contributed by atoms with Crippen LogP contribution in [0.3, 0.4) is 0 Å². The second-order valence-corrected chi connectivity index (χ2v) is 6.11. The number of pyridine rings is 1. The van der Waals surface area contributed by atoms with Gasteiger partial charge in [-0.2, -0.15) is 0 Å². The van der Waals surface area contributed by atoms with E-state index in [1.54, 1.807) is 0 Å². The van der Waals surface area contributed by atoms with Gasteiger partial charge in [-0.25, -0.2) is 4.98 Å². The molecule has 0 aromatic carbocycles. The van der Waals surface area contributed by atoms with E-state index in [1.807, 2.05) is 6.20 Å². The van der Waals surface area contributed by atoms with E-state index in [4.69, 9.17) is 0 Å². The smallest absolute Gasteiger partial charge is 0.133 e. The number of unbranched alkanes of at least 4 members (excludes halogenated alkanes) is 1. The van der Waals surface area contributed by atoms with Crippen LogP contribution < -0.4 is 10.2 Å². The standard InChI is InChI=1S/C15H24BrN3/c1-3-5-8-19(14-6-7-14)15-12(10-17-4-2)9-13(16)11-18-15/h9,11,14,17H,3-8,10H2,1-2H3. The van der Waals surface area contributed by atoms with E-state index in [-0.39, 0.29) is 0 Å². The van der Waals surface area contributed by atoms with Gasteiger partial charge >= 0.3 is 0 Å². The van der Waals surface area contributed by atoms with E-state index < -0.39 is 0 Å². The summed E-state index contributed by atoms with van der Waals surface area (Å²) in [4.78, 5) is 7.20. The molecule has 1 saturated carbocycles. The third-order valence-electron chi connectivity index (χ3n) is 3.49. The molecule has 0 aliphatic heterocycles. The lowest BCUT2D eigenvalue weighted by atomic mass is 10.2. The number of rotatable bonds is 8. The molecule has 1 aliphatic carbocycles. The van der Waals surface area contributed by atoms with Crippen LogP contribution in [0.5, 0.6) is 0 Å². The highest BCUT2D eigenvalue weighted by molar-refractivity contribution is 9.10. The Bertz CT molecular complexity index is 404. The number of hydrogen-bond acceptors (Lipinski definition) is 3. The molecule has 4 heteroatoms. The Morgan fingerprint density at radius 2 is 2.21 bits per heavy atom. The zero-order chi connectivity index (χ0) is 13.7. The number of nitrogens with zero attached hydrogens (tertiary/aromatic N) is 2. The first-order chi connectivity index (χ1) is 9.26. The maximum Gasteiger partial charge on any atom is 0.133 e. The van der Waals surface area contributed by atoms with Gasteiger partial charge in [0.2, 0.25) is 0 Å². The molecule has 0 unspecified atom stereocenters. The highest BCUT2D eigenvalue weighted by Crippen LogP contribution is 2.33. The van der Waals surface area contributed by atoms with Crippen molar-refractivity contribution < 1.29 is 0 Å². The Labute approximate surface area is 124 Å². The number of anilines is 1. The lowest BCUT2D eigenvalue weighted by Gasteiger charge is -2.26. The molecule has 0 atom stereocenters. The Hall–Kier alpha value is -0.610. The molecule has 1 aromatic rings. The van der Waals surface area contributed by atoms with Gasteiger partial charge in [-0.3, -0.25) is 0 Å². The maximum atomic E-state index is 4.68. The fourth-order valence-electron chi connectivity index (χ4n) is 2.30. The van der Waals surface area contributed by atoms with E-state index in [2.05, 4.69) is 51.0 Å². The van der Waals surface area contributed by atoms with Crippen LogP contribution in [0.4, 0.5) is 5.82 Å². The zero-order valence-corrected chi connectivity index (χ0v) is 13.5. The summed E-state index contributed by atoms with van der Waals surface area (Å²) in [6.07, 6.45) is 7.05. The number of halogens is 1. The van der Waals surface area contributed by atoms with Gasteiger partial charge in [0.15, 0.2) is 0 Å². The molecule has 1 N–H and O–H groups in total. The Balaban J connectivity index is 2.18. The fourth-order valence-corrected chi connectivity index (χ4v) is 2.68. The van der Waals surface area contributed by atoms with E-state index >= 15 is 0 Å². The topological polar surface area (TPSA) is 28.2 Å². The highest BCUT2D eigenvalue weighted by Gasteiger charge is 2.30. The van der Waals surface area contributed by atoms with Crippen LogP contribution in [0, 0.1) is 0 Å². The van der Waals surface area contributed by atoms with E-state index in [0.717, 1.165) is 30.1 Å². The highest BCUT2D eigenvalue weighted by atomic mass is 79.9. The lowest BCUT2D eigenvalue weighted by molar-refractivity contribution is 0.683. The molecule has 1 heterocycles. The van der Waals surface area contributed by atoms with Gasteiger partial charge < -0.3 is 10.2 Å². The van der Waals surface area contributed by atoms with Gasteiger partial charge in [-0.15, -0.1) is 0 Å². The minimum Gasteiger partial charge on any atom is -0.353 e. The molecule has 106 valence electrons. The summed E-state index contributed by atoms with van der Waals surface area (Å²) < 4.78 is 1.07. The third kappa shape index (κ3) is 4.18. The third-order valence-corrected chi connectivity index (χ3v) is 3.92. The van der Waals surface area contributed by atoms with Crippen molar-refractivity contribution in [2.24, 2.45) is 0 Å². The molecule has 0 spiro atoms. The maximum absolute atomic E-state index is 4.68. The molecule has 2 rings (SSSR count). The first-order valence-corrected chi connectivity index (χ1v) is 8.17. The second-order valence-electron chi connectivity index (χ2n) is 5.19. The van der Waals surface area contributed by atoms with Crippen LogP contribution in [-0.4, -0.2) is 24.1 Å². The molecule has 1 fully saturated rings. The SMILES string of the molecule is CCCCN(c1ncc(Br)cc1CNCC)C1CC1. The summed E-state index contributed by atoms with van der Waals surface area (Å²) in [5, 5.41) is 3.41. The Morgan fingerprint density at radius 1 is 1.42 bits per heavy atom. The normalized spacial score (nSPS) is 14.7. The number of aromatic nitrogens is 1. The summed E-state index contributed by atoms with van der Waals surface area (Å²) in [6.45, 7) is 7.41. The first kappa shape index (κ1) is 14.8. The van der Waals surface area contributed by atoms with Crippen LogP contribution in [0.25, 0.3) is 0 Å². The van der Waals surface area contributed by atoms with Gasteiger partial charge in [0.1, 0.15) is 5.82 Å². The number of hydrogen-bond donors (Lipinski definition) is 1. The summed E-state index contributed by atoms with van der Waals surface area (Å²) in [5.41, 5.74) is 1.30. The van der Waals surface area contributed by atoms with Crippen molar-refractivity contribution in [1.82, 2.24) is 10.3 Å². The summed E-state index contributed by atoms with van der Waals surface area (Å²) in [7, 11) is 0. The minimum absolute atomic E-state index is 0.723. The van der Waals surface area contributed by atoms with Crippen molar-refractivity contribution in [2.75, 3.05) is 18.0 Å². The molecular weight excluding hydrogens is 302 g/mol. The van der Waals surface area contributed by atoms with Gasteiger partial charge in [-0.05, 0) is 47.8 Å². The first-order valence-electron chi connectivity index (χ1n) is 7.38. The molecule has 1 aromatic heterocycles. The molecule has 0 bridgehead atoms. The van der Waals surface area contributed by atoms with Crippen LogP contribution in [0.2, 0.25) is 0 Å². The van der Waals surface area contributed by atoms with Gasteiger partial charge in [0.25, 0.3) is 0 Å². The molecular formula is C15H24BrN3. The quantitative estimate of drug-likeness (QED) is 0.789. The van der Waals surface area contributed by atoms with E-state index in [0.29, 0.717) is 0 Å². The average Bonchev–Trinajstić information content (AvgIpc) is 3.23. The summed E-state index contributed by atoms with van der Waals surface area (Å²) >= 11 is 3.53. The average molecular weight is 326 g/mol. The minimum atomic E-state index is 0.723. The zero-order valence-electron chi connectivity index (χ0n) is 12.0. The van der Waals surface area contributed by atoms with Crippen molar-refractivity contribution in [3.8, 4) is 0 Å². The van der Waals surface area contributed by atoms with Gasteiger partial charge in [0, 0.05) is 35.4 Å². The van der Waals surface area contributed by atoms with Crippen molar-refractivity contribution in [3.63, 3.8) is 0 Å². The molecule has 0 saturated heterocycles. The van der Waals surface area contributed by atoms with Gasteiger partial charge in [-0.1, -0.05) is 20.3 Å². The second kappa shape index (κ2) is 7.25. The van der Waals surface area contributed by atoms with Crippen LogP contribution in [0.1, 0.15) is 45.1 Å². The van der Waals surface area contributed by atoms with Crippen molar-refractivity contribution in [2.45, 2.75) is 52.1 Å². The summed E-state index contributed by atoms with van der Waals surface area (Å²) in [5.74, 6) is 1.18. The largest absolute Gasteiger partial charge is 0.353 e. The Morgan fingerprint density at radius 3 is 2.84 bits per heavy atom. The summed E-state index contributed by atoms with van der Waals surface area (Å²) in [6, 6.07) is 2.92. The predicted molar refractivity (Wildman–Crippen MR) is 84.6 cm³/mol. The van der Waals surface area contributed by atoms with E-state index in [1.165, 1.54) is 37.1 Å². The van der Waals surface area contributed by atoms with Gasteiger partial charge in [0.05, 0.1) is 0 Å². The van der Waals surface area contributed by atoms with Crippen LogP contribution in [-0.2, 0) is 6.54 Å². The van der Waals surface area contributed by atoms with E-state index in [9.17, 15) is 0 Å². The van der Waals surface area contributed by atoms with Crippen molar-refractivity contribution in [3.05, 3.63) is 22.3 Å². The lowest BCUT2D eigenvalue weighted by Crippen LogP contribution is -2.29. The Kier molecular flexibility index (Phi) is 5.64. The predicted octanol–water partition coefficient (Wildman–Crippen LogP) is 3.72. The van der Waals surface area contributed by atoms with Crippen molar-refractivity contribution in [1.29, 1.82) is 0 Å². The van der Waals surface area contributed by atoms with Crippen LogP contribution in [0.15, 0.2) is 16.7 Å². The molecule has 3 nitrogen and oxygen atoms in total. The molecule has 19 heavy (non-hydrogen) atoms. The molecule has 0 radical (unpaired) electrons. The molecule has 1 aliphatic rings. The molecule has 0 amide bonds. The van der Waals surface area contributed by atoms with Crippen molar-refractivity contribution >= 4 is 21.7 Å². The monoisotopic (exact) mass is 325 g/mol. The number of nitrogens with one attached hydrogen (secondary N) is 1.